The molecule has 0 bridgehead atoms. The van der Waals surface area contributed by atoms with Crippen molar-refractivity contribution >= 4 is 17.8 Å². The lowest BCUT2D eigenvalue weighted by molar-refractivity contribution is -0.142. The fraction of sp³-hybridized carbons (Fsp3) is 0.500. The molecular formula is C18H24N2O4. The van der Waals surface area contributed by atoms with E-state index in [1.807, 2.05) is 44.2 Å². The van der Waals surface area contributed by atoms with Crippen LogP contribution >= 0.6 is 0 Å². The molecule has 0 radical (unpaired) electrons. The average Bonchev–Trinajstić information content (AvgIpc) is 3.34. The largest absolute Gasteiger partial charge is 0.480 e. The third-order valence-corrected chi connectivity index (χ3v) is 4.26. The van der Waals surface area contributed by atoms with Crippen molar-refractivity contribution in [2.24, 2.45) is 5.92 Å². The van der Waals surface area contributed by atoms with E-state index >= 15 is 0 Å². The highest BCUT2D eigenvalue weighted by Crippen LogP contribution is 2.48. The lowest BCUT2D eigenvalue weighted by Crippen LogP contribution is -2.47. The van der Waals surface area contributed by atoms with Crippen LogP contribution in [-0.2, 0) is 19.8 Å². The van der Waals surface area contributed by atoms with Gasteiger partial charge in [-0.15, -0.1) is 0 Å². The molecule has 6 nitrogen and oxygen atoms in total. The Bertz CT molecular complexity index is 609. The Morgan fingerprint density at radius 3 is 2.29 bits per heavy atom. The molecule has 1 aliphatic carbocycles. The molecule has 0 unspecified atom stereocenters. The molecule has 1 saturated carbocycles. The Balaban J connectivity index is 1.87. The van der Waals surface area contributed by atoms with E-state index in [9.17, 15) is 14.4 Å². The first-order valence-electron chi connectivity index (χ1n) is 8.21. The second-order valence-electron chi connectivity index (χ2n) is 6.72. The molecule has 24 heavy (non-hydrogen) atoms. The number of aliphatic carboxylic acids is 1. The first-order valence-corrected chi connectivity index (χ1v) is 8.21. The van der Waals surface area contributed by atoms with E-state index in [1.165, 1.54) is 0 Å². The normalized spacial score (nSPS) is 16.3. The van der Waals surface area contributed by atoms with Gasteiger partial charge in [0.05, 0.1) is 12.0 Å². The van der Waals surface area contributed by atoms with E-state index in [1.54, 1.807) is 0 Å². The Kier molecular flexibility index (Phi) is 5.59. The molecule has 130 valence electrons. The molecule has 6 heteroatoms. The minimum Gasteiger partial charge on any atom is -0.480 e. The van der Waals surface area contributed by atoms with Gasteiger partial charge in [0.1, 0.15) is 6.04 Å². The summed E-state index contributed by atoms with van der Waals surface area (Å²) in [6.07, 6.45) is 1.87. The Morgan fingerprint density at radius 1 is 1.17 bits per heavy atom. The maximum Gasteiger partial charge on any atom is 0.326 e. The molecule has 2 rings (SSSR count). The maximum atomic E-state index is 12.4. The highest BCUT2D eigenvalue weighted by Gasteiger charge is 2.51. The van der Waals surface area contributed by atoms with E-state index in [0.717, 1.165) is 18.4 Å². The fourth-order valence-corrected chi connectivity index (χ4v) is 2.80. The summed E-state index contributed by atoms with van der Waals surface area (Å²) in [5.41, 5.74) is 0.414. The zero-order chi connectivity index (χ0) is 17.7. The number of carboxylic acid groups (broad SMARTS) is 1. The third-order valence-electron chi connectivity index (χ3n) is 4.26. The number of amides is 2. The lowest BCUT2D eigenvalue weighted by atomic mass is 9.95. The second-order valence-corrected chi connectivity index (χ2v) is 6.72. The maximum absolute atomic E-state index is 12.4. The molecule has 1 aliphatic rings. The summed E-state index contributed by atoms with van der Waals surface area (Å²) >= 11 is 0. The van der Waals surface area contributed by atoms with Crippen LogP contribution in [0, 0.1) is 5.92 Å². The van der Waals surface area contributed by atoms with Crippen molar-refractivity contribution in [3.63, 3.8) is 0 Å². The third kappa shape index (κ3) is 4.34. The summed E-state index contributed by atoms with van der Waals surface area (Å²) in [4.78, 5) is 35.5. The quantitative estimate of drug-likeness (QED) is 0.671. The average molecular weight is 332 g/mol. The molecular weight excluding hydrogens is 308 g/mol. The standard InChI is InChI=1S/C18H24N2O4/c1-12(2)10-14(16(22)23)20-15(21)11-19-17(24)18(8-9-18)13-6-4-3-5-7-13/h3-7,12,14H,8-11H2,1-2H3,(H,19,24)(H,20,21)(H,22,23)/t14-/m0/s1. The Labute approximate surface area is 141 Å². The number of hydrogen-bond acceptors (Lipinski definition) is 3. The SMILES string of the molecule is CC(C)C[C@H](NC(=O)CNC(=O)C1(c2ccccc2)CC1)C(=O)O. The number of hydrogen-bond donors (Lipinski definition) is 3. The van der Waals surface area contributed by atoms with Crippen LogP contribution in [0.5, 0.6) is 0 Å². The van der Waals surface area contributed by atoms with Crippen molar-refractivity contribution in [2.45, 2.75) is 44.6 Å². The minimum atomic E-state index is -1.06. The van der Waals surface area contributed by atoms with Gasteiger partial charge in [0.25, 0.3) is 0 Å². The topological polar surface area (TPSA) is 95.5 Å². The number of nitrogens with one attached hydrogen (secondary N) is 2. The van der Waals surface area contributed by atoms with Crippen LogP contribution in [0.2, 0.25) is 0 Å². The molecule has 1 aromatic carbocycles. The summed E-state index contributed by atoms with van der Waals surface area (Å²) < 4.78 is 0. The van der Waals surface area contributed by atoms with Crippen LogP contribution in [0.1, 0.15) is 38.7 Å². The molecule has 0 aliphatic heterocycles. The van der Waals surface area contributed by atoms with Crippen molar-refractivity contribution in [1.29, 1.82) is 0 Å². The summed E-state index contributed by atoms with van der Waals surface area (Å²) in [6.45, 7) is 3.57. The number of carbonyl (C=O) groups is 3. The Hall–Kier alpha value is -2.37. The van der Waals surface area contributed by atoms with Crippen LogP contribution < -0.4 is 10.6 Å². The van der Waals surface area contributed by atoms with Gasteiger partial charge >= 0.3 is 5.97 Å². The van der Waals surface area contributed by atoms with Gasteiger partial charge in [-0.2, -0.15) is 0 Å². The molecule has 0 saturated heterocycles. The fourth-order valence-electron chi connectivity index (χ4n) is 2.80. The van der Waals surface area contributed by atoms with Crippen molar-refractivity contribution in [3.8, 4) is 0 Å². The lowest BCUT2D eigenvalue weighted by Gasteiger charge is -2.18. The first-order chi connectivity index (χ1) is 11.3. The molecule has 1 aromatic rings. The molecule has 1 fully saturated rings. The highest BCUT2D eigenvalue weighted by atomic mass is 16.4. The summed E-state index contributed by atoms with van der Waals surface area (Å²) in [6, 6.07) is 8.56. The summed E-state index contributed by atoms with van der Waals surface area (Å²) in [5, 5.41) is 14.2. The number of benzene rings is 1. The van der Waals surface area contributed by atoms with Crippen LogP contribution in [0.15, 0.2) is 30.3 Å². The van der Waals surface area contributed by atoms with Gasteiger partial charge in [-0.1, -0.05) is 44.2 Å². The van der Waals surface area contributed by atoms with Gasteiger partial charge in [-0.3, -0.25) is 9.59 Å². The zero-order valence-corrected chi connectivity index (χ0v) is 14.0. The van der Waals surface area contributed by atoms with Crippen LogP contribution in [0.3, 0.4) is 0 Å². The Morgan fingerprint density at radius 2 is 1.79 bits per heavy atom. The van der Waals surface area contributed by atoms with Gasteiger partial charge in [-0.05, 0) is 30.7 Å². The molecule has 3 N–H and O–H groups in total. The number of rotatable bonds is 8. The van der Waals surface area contributed by atoms with Crippen LogP contribution in [-0.4, -0.2) is 35.5 Å². The number of carboxylic acids is 1. The predicted molar refractivity (Wildman–Crippen MR) is 89.4 cm³/mol. The number of carbonyl (C=O) groups excluding carboxylic acids is 2. The van der Waals surface area contributed by atoms with Gasteiger partial charge in [0.2, 0.25) is 11.8 Å². The van der Waals surface area contributed by atoms with E-state index in [2.05, 4.69) is 10.6 Å². The van der Waals surface area contributed by atoms with Crippen LogP contribution in [0.4, 0.5) is 0 Å². The van der Waals surface area contributed by atoms with Crippen molar-refractivity contribution in [2.75, 3.05) is 6.54 Å². The second kappa shape index (κ2) is 7.47. The van der Waals surface area contributed by atoms with E-state index < -0.39 is 23.3 Å². The van der Waals surface area contributed by atoms with Gasteiger partial charge < -0.3 is 15.7 Å². The monoisotopic (exact) mass is 332 g/mol. The molecule has 1 atom stereocenters. The molecule has 0 heterocycles. The smallest absolute Gasteiger partial charge is 0.326 e. The summed E-state index contributed by atoms with van der Waals surface area (Å²) in [5.74, 6) is -1.58. The zero-order valence-electron chi connectivity index (χ0n) is 14.0. The summed E-state index contributed by atoms with van der Waals surface area (Å²) in [7, 11) is 0. The molecule has 0 aromatic heterocycles. The van der Waals surface area contributed by atoms with Crippen LogP contribution in [0.25, 0.3) is 0 Å². The van der Waals surface area contributed by atoms with Crippen molar-refractivity contribution in [1.82, 2.24) is 10.6 Å². The van der Waals surface area contributed by atoms with E-state index in [4.69, 9.17) is 5.11 Å². The predicted octanol–water partition coefficient (Wildman–Crippen LogP) is 1.45. The van der Waals surface area contributed by atoms with Gasteiger partial charge in [-0.25, -0.2) is 4.79 Å². The van der Waals surface area contributed by atoms with Gasteiger partial charge in [0, 0.05) is 0 Å². The van der Waals surface area contributed by atoms with Crippen molar-refractivity contribution in [3.05, 3.63) is 35.9 Å². The minimum absolute atomic E-state index is 0.147. The highest BCUT2D eigenvalue weighted by molar-refractivity contribution is 5.94. The van der Waals surface area contributed by atoms with Crippen molar-refractivity contribution < 1.29 is 19.5 Å². The first kappa shape index (κ1) is 18.0. The van der Waals surface area contributed by atoms with E-state index in [-0.39, 0.29) is 18.4 Å². The van der Waals surface area contributed by atoms with E-state index in [0.29, 0.717) is 6.42 Å². The molecule has 0 spiro atoms. The van der Waals surface area contributed by atoms with Gasteiger partial charge in [0.15, 0.2) is 0 Å². The molecule has 2 amide bonds.